The van der Waals surface area contributed by atoms with Crippen LogP contribution < -0.4 is 48.8 Å². The van der Waals surface area contributed by atoms with Gasteiger partial charge in [0, 0.05) is 12.8 Å². The number of carbonyl (C=O) groups is 8. The smallest absolute Gasteiger partial charge is 0.338 e. The number of carboxylic acid groups (broad SMARTS) is 3. The zero-order chi connectivity index (χ0) is 38.0. The van der Waals surface area contributed by atoms with Crippen molar-refractivity contribution in [1.29, 1.82) is 0 Å². The van der Waals surface area contributed by atoms with Gasteiger partial charge >= 0.3 is 23.9 Å². The first kappa shape index (κ1) is 42.2. The van der Waals surface area contributed by atoms with Gasteiger partial charge in [-0.2, -0.15) is 0 Å². The normalized spacial score (nSPS) is 14.2. The van der Waals surface area contributed by atoms with Crippen molar-refractivity contribution in [2.75, 3.05) is 6.54 Å². The number of carbonyl (C=O) groups excluding carboxylic acids is 5. The highest BCUT2D eigenvalue weighted by Crippen LogP contribution is 2.08. The van der Waals surface area contributed by atoms with E-state index < -0.39 is 103 Å². The molecule has 0 bridgehead atoms. The molecule has 0 aliphatic carbocycles. The highest BCUT2D eigenvalue weighted by molar-refractivity contribution is 5.96. The van der Waals surface area contributed by atoms with Gasteiger partial charge in [0.05, 0.1) is 6.54 Å². The van der Waals surface area contributed by atoms with Gasteiger partial charge in [0.15, 0.2) is 6.04 Å². The minimum absolute atomic E-state index is 0.00228. The number of hydrogen-bond donors (Lipinski definition) is 12. The fourth-order valence-electron chi connectivity index (χ4n) is 4.32. The van der Waals surface area contributed by atoms with Crippen LogP contribution in [0.3, 0.4) is 0 Å². The van der Waals surface area contributed by atoms with Crippen LogP contribution in [0.4, 0.5) is 0 Å². The predicted octanol–water partition coefficient (Wildman–Crippen LogP) is -6.14. The number of benzene rings is 1. The Morgan fingerprint density at radius 3 is 1.78 bits per heavy atom. The van der Waals surface area contributed by atoms with E-state index in [2.05, 4.69) is 37.3 Å². The molecule has 0 saturated heterocycles. The van der Waals surface area contributed by atoms with Crippen LogP contribution in [0.1, 0.15) is 51.5 Å². The van der Waals surface area contributed by atoms with E-state index in [1.807, 2.05) is 0 Å². The van der Waals surface area contributed by atoms with Crippen molar-refractivity contribution >= 4 is 53.4 Å². The number of aliphatic carboxylic acids is 3. The van der Waals surface area contributed by atoms with Crippen molar-refractivity contribution in [3.05, 3.63) is 35.9 Å². The fourth-order valence-corrected chi connectivity index (χ4v) is 4.32. The molecule has 0 aromatic heterocycles. The van der Waals surface area contributed by atoms with Crippen molar-refractivity contribution in [3.8, 4) is 0 Å². The average molecular weight is 710 g/mol. The summed E-state index contributed by atoms with van der Waals surface area (Å²) >= 11 is 0. The Morgan fingerprint density at radius 2 is 1.22 bits per heavy atom. The molecule has 0 aliphatic heterocycles. The molecule has 6 atom stereocenters. The molecule has 16 N–H and O–H groups in total. The number of quaternary nitrogens is 1. The predicted molar refractivity (Wildman–Crippen MR) is 173 cm³/mol. The summed E-state index contributed by atoms with van der Waals surface area (Å²) in [7, 11) is 0. The second-order valence-corrected chi connectivity index (χ2v) is 11.4. The molecule has 0 fully saturated rings. The molecule has 5 amide bonds. The van der Waals surface area contributed by atoms with Crippen LogP contribution in [0, 0.1) is 0 Å². The van der Waals surface area contributed by atoms with Crippen molar-refractivity contribution < 1.29 is 64.4 Å². The Balaban J connectivity index is 3.29. The van der Waals surface area contributed by atoms with Gasteiger partial charge in [0.2, 0.25) is 23.6 Å². The zero-order valence-corrected chi connectivity index (χ0v) is 27.8. The monoisotopic (exact) mass is 709 g/mol. The highest BCUT2D eigenvalue weighted by Gasteiger charge is 2.32. The summed E-state index contributed by atoms with van der Waals surface area (Å²) in [4.78, 5) is 102. The van der Waals surface area contributed by atoms with Crippen LogP contribution >= 0.6 is 0 Å². The zero-order valence-electron chi connectivity index (χ0n) is 27.8. The van der Waals surface area contributed by atoms with Crippen molar-refractivity contribution in [2.24, 2.45) is 11.5 Å². The Morgan fingerprint density at radius 1 is 0.700 bits per heavy atom. The number of nitrogens with two attached hydrogens (primary N) is 2. The van der Waals surface area contributed by atoms with Crippen LogP contribution in [0.15, 0.2) is 30.3 Å². The van der Waals surface area contributed by atoms with E-state index in [-0.39, 0.29) is 31.8 Å². The van der Waals surface area contributed by atoms with Crippen molar-refractivity contribution in [1.82, 2.24) is 26.6 Å². The minimum atomic E-state index is -1.52. The molecule has 0 aliphatic rings. The lowest BCUT2D eigenvalue weighted by Crippen LogP contribution is -2.78. The second kappa shape index (κ2) is 21.2. The number of guanidine groups is 1. The summed E-state index contributed by atoms with van der Waals surface area (Å²) in [6, 6.07) is 0.429. The maximum Gasteiger partial charge on any atom is 0.338 e. The number of carboxylic acids is 3. The fraction of sp³-hybridized carbons (Fsp3) is 0.500. The first-order chi connectivity index (χ1) is 23.4. The summed E-state index contributed by atoms with van der Waals surface area (Å²) in [5, 5.41) is 39.4. The van der Waals surface area contributed by atoms with E-state index in [0.717, 1.165) is 0 Å². The standard InChI is InChI=1S/C30H45N9O11/c1-15(35-25(45)18(31)14-23(42)43)24(44)37-20(10-11-22(40)41)27(47)39-21(13-17-7-4-3-5-8-17)28(48)38-19(9-6-12-34-30(32)33)26(46)36-16(2)29(49)50/h3-5,7-8,15-16,18-21H,6,9-14,31H2,1-2H3,(H,35,45)(H,36,46)(H,37,44)(H,38,48)(H,39,47)(H,40,41)(H,42,43)(H,49,50)(H4,32,33,34)/p+2/t15-,16-,18-,19-,20-,21-/m0/s1. The van der Waals surface area contributed by atoms with Crippen molar-refractivity contribution in [2.45, 2.75) is 88.6 Å². The molecular weight excluding hydrogens is 662 g/mol. The molecule has 20 heteroatoms. The lowest BCUT2D eigenvalue weighted by Gasteiger charge is -2.26. The number of amides is 5. The van der Waals surface area contributed by atoms with E-state index in [1.54, 1.807) is 30.3 Å². The first-order valence-electron chi connectivity index (χ1n) is 15.6. The van der Waals surface area contributed by atoms with E-state index >= 15 is 0 Å². The molecule has 50 heavy (non-hydrogen) atoms. The summed E-state index contributed by atoms with van der Waals surface area (Å²) in [6.45, 7) is 2.69. The van der Waals surface area contributed by atoms with Gasteiger partial charge in [0.25, 0.3) is 5.91 Å². The Hall–Kier alpha value is -5.79. The van der Waals surface area contributed by atoms with Crippen molar-refractivity contribution in [3.63, 3.8) is 0 Å². The number of hydrogen-bond acceptors (Lipinski definition) is 8. The van der Waals surface area contributed by atoms with Gasteiger partial charge in [-0.05, 0) is 38.7 Å². The summed E-state index contributed by atoms with van der Waals surface area (Å²) in [5.41, 5.74) is 14.8. The third kappa shape index (κ3) is 16.4. The Kier molecular flexibility index (Phi) is 17.9. The maximum absolute atomic E-state index is 13.7. The average Bonchev–Trinajstić information content (AvgIpc) is 3.03. The SMILES string of the molecule is C[C@H](NC(=O)[C@H](CCC[NH+]=C(N)N)NC(=O)[C@H](Cc1ccccc1)NC(=O)[C@H](CCC(=O)O)NC(=O)[C@H](C)NC(=O)[C@@H]([NH3+])CC(=O)O)C(=O)O. The molecule has 0 spiro atoms. The number of nitrogens with one attached hydrogen (secondary N) is 6. The molecule has 20 nitrogen and oxygen atoms in total. The molecule has 0 heterocycles. The first-order valence-corrected chi connectivity index (χ1v) is 15.6. The van der Waals surface area contributed by atoms with Gasteiger partial charge in [-0.1, -0.05) is 30.3 Å². The summed E-state index contributed by atoms with van der Waals surface area (Å²) in [6.07, 6.45) is -1.46. The van der Waals surface area contributed by atoms with Gasteiger partial charge in [-0.3, -0.25) is 54.8 Å². The Bertz CT molecular complexity index is 1400. The third-order valence-corrected chi connectivity index (χ3v) is 7.10. The van der Waals surface area contributed by atoms with Gasteiger partial charge < -0.3 is 47.6 Å². The molecule has 0 unspecified atom stereocenters. The van der Waals surface area contributed by atoms with E-state index in [1.165, 1.54) is 13.8 Å². The quantitative estimate of drug-likeness (QED) is 0.0303. The summed E-state index contributed by atoms with van der Waals surface area (Å²) in [5.74, 6) is -8.38. The van der Waals surface area contributed by atoms with Crippen LogP contribution in [-0.2, 0) is 44.8 Å². The Labute approximate surface area is 287 Å². The van der Waals surface area contributed by atoms with E-state index in [4.69, 9.17) is 16.6 Å². The second-order valence-electron chi connectivity index (χ2n) is 11.4. The molecule has 1 rings (SSSR count). The molecule has 276 valence electrons. The largest absolute Gasteiger partial charge is 0.481 e. The highest BCUT2D eigenvalue weighted by atomic mass is 16.4. The topological polar surface area (TPSA) is 351 Å². The number of rotatable bonds is 22. The van der Waals surface area contributed by atoms with Crippen LogP contribution in [0.2, 0.25) is 0 Å². The van der Waals surface area contributed by atoms with Gasteiger partial charge in [0.1, 0.15) is 36.6 Å². The summed E-state index contributed by atoms with van der Waals surface area (Å²) < 4.78 is 0. The van der Waals surface area contributed by atoms with E-state index in [0.29, 0.717) is 5.56 Å². The lowest BCUT2D eigenvalue weighted by molar-refractivity contribution is -0.459. The molecular formula is C30H47N9O11+2. The maximum atomic E-state index is 13.7. The minimum Gasteiger partial charge on any atom is -0.481 e. The van der Waals surface area contributed by atoms with Gasteiger partial charge in [-0.15, -0.1) is 0 Å². The van der Waals surface area contributed by atoms with Crippen LogP contribution in [0.25, 0.3) is 0 Å². The molecule has 0 radical (unpaired) electrons. The molecule has 1 aromatic carbocycles. The van der Waals surface area contributed by atoms with Crippen LogP contribution in [-0.4, -0.2) is 112 Å². The molecule has 0 saturated carbocycles. The van der Waals surface area contributed by atoms with E-state index in [9.17, 15) is 48.6 Å². The molecule has 1 aromatic rings. The van der Waals surface area contributed by atoms with Gasteiger partial charge in [-0.25, -0.2) is 0 Å². The third-order valence-electron chi connectivity index (χ3n) is 7.10. The van der Waals surface area contributed by atoms with Crippen LogP contribution in [0.5, 0.6) is 0 Å². The lowest BCUT2D eigenvalue weighted by atomic mass is 10.0.